The lowest BCUT2D eigenvalue weighted by Gasteiger charge is -2.08. The molecule has 94 valence electrons. The van der Waals surface area contributed by atoms with Crippen molar-refractivity contribution in [1.29, 1.82) is 0 Å². The summed E-state index contributed by atoms with van der Waals surface area (Å²) in [6, 6.07) is 13.1. The Morgan fingerprint density at radius 1 is 1.06 bits per heavy atom. The molecule has 0 radical (unpaired) electrons. The van der Waals surface area contributed by atoms with Crippen LogP contribution in [0.15, 0.2) is 46.9 Å². The Hall–Kier alpha value is -1.36. The quantitative estimate of drug-likeness (QED) is 0.912. The van der Waals surface area contributed by atoms with Gasteiger partial charge in [-0.15, -0.1) is 0 Å². The maximum absolute atomic E-state index is 9.18. The minimum atomic E-state index is -0.0239. The summed E-state index contributed by atoms with van der Waals surface area (Å²) in [5.41, 5.74) is 7.39. The van der Waals surface area contributed by atoms with Gasteiger partial charge in [0, 0.05) is 11.0 Å². The first-order chi connectivity index (χ1) is 8.72. The third-order valence-corrected chi connectivity index (χ3v) is 3.36. The molecular formula is C14H14BrNO2. The molecule has 2 rings (SSSR count). The number of hydrogen-bond acceptors (Lipinski definition) is 3. The van der Waals surface area contributed by atoms with Crippen molar-refractivity contribution in [2.24, 2.45) is 5.73 Å². The van der Waals surface area contributed by atoms with Gasteiger partial charge in [0.15, 0.2) is 0 Å². The topological polar surface area (TPSA) is 55.5 Å². The van der Waals surface area contributed by atoms with Crippen LogP contribution in [0.4, 0.5) is 0 Å². The fourth-order valence-electron chi connectivity index (χ4n) is 1.57. The largest absolute Gasteiger partial charge is 0.457 e. The fraction of sp³-hybridized carbons (Fsp3) is 0.143. The van der Waals surface area contributed by atoms with Crippen molar-refractivity contribution in [3.63, 3.8) is 0 Å². The van der Waals surface area contributed by atoms with Crippen LogP contribution in [0.1, 0.15) is 11.1 Å². The first-order valence-electron chi connectivity index (χ1n) is 5.59. The summed E-state index contributed by atoms with van der Waals surface area (Å²) in [6.45, 7) is 0.497. The van der Waals surface area contributed by atoms with E-state index in [0.717, 1.165) is 21.3 Å². The van der Waals surface area contributed by atoms with Crippen molar-refractivity contribution < 1.29 is 9.84 Å². The molecule has 0 saturated carbocycles. The Kier molecular flexibility index (Phi) is 4.36. The van der Waals surface area contributed by atoms with Gasteiger partial charge in [-0.3, -0.25) is 0 Å². The monoisotopic (exact) mass is 307 g/mol. The van der Waals surface area contributed by atoms with Crippen molar-refractivity contribution in [1.82, 2.24) is 0 Å². The SMILES string of the molecule is NCc1ccc(Oc2ccc(Br)c(CO)c2)cc1. The Morgan fingerprint density at radius 3 is 2.33 bits per heavy atom. The highest BCUT2D eigenvalue weighted by atomic mass is 79.9. The van der Waals surface area contributed by atoms with Gasteiger partial charge in [-0.25, -0.2) is 0 Å². The molecule has 0 saturated heterocycles. The van der Waals surface area contributed by atoms with Crippen LogP contribution in [-0.2, 0) is 13.2 Å². The molecule has 0 fully saturated rings. The number of halogens is 1. The zero-order valence-electron chi connectivity index (χ0n) is 9.77. The number of rotatable bonds is 4. The molecule has 0 atom stereocenters. The summed E-state index contributed by atoms with van der Waals surface area (Å²) in [7, 11) is 0. The van der Waals surface area contributed by atoms with E-state index in [9.17, 15) is 5.11 Å². The number of aliphatic hydroxyl groups excluding tert-OH is 1. The second-order valence-corrected chi connectivity index (χ2v) is 4.72. The zero-order chi connectivity index (χ0) is 13.0. The summed E-state index contributed by atoms with van der Waals surface area (Å²) >= 11 is 3.37. The predicted octanol–water partition coefficient (Wildman–Crippen LogP) is 3.19. The molecule has 0 aliphatic rings. The van der Waals surface area contributed by atoms with E-state index in [-0.39, 0.29) is 6.61 Å². The summed E-state index contributed by atoms with van der Waals surface area (Å²) in [6.07, 6.45) is 0. The molecule has 0 bridgehead atoms. The number of ether oxygens (including phenoxy) is 1. The van der Waals surface area contributed by atoms with E-state index >= 15 is 0 Å². The fourth-order valence-corrected chi connectivity index (χ4v) is 1.94. The highest BCUT2D eigenvalue weighted by Crippen LogP contribution is 2.26. The van der Waals surface area contributed by atoms with E-state index < -0.39 is 0 Å². The molecule has 0 aliphatic carbocycles. The molecule has 3 N–H and O–H groups in total. The molecule has 2 aromatic rings. The van der Waals surface area contributed by atoms with Gasteiger partial charge in [0.05, 0.1) is 6.61 Å². The summed E-state index contributed by atoms with van der Waals surface area (Å²) in [5.74, 6) is 1.45. The van der Waals surface area contributed by atoms with Gasteiger partial charge >= 0.3 is 0 Å². The average Bonchev–Trinajstić information content (AvgIpc) is 2.42. The molecule has 18 heavy (non-hydrogen) atoms. The summed E-state index contributed by atoms with van der Waals surface area (Å²) in [5, 5.41) is 9.18. The van der Waals surface area contributed by atoms with Crippen molar-refractivity contribution >= 4 is 15.9 Å². The molecule has 0 unspecified atom stereocenters. The Balaban J connectivity index is 2.17. The second kappa shape index (κ2) is 6.00. The third-order valence-electron chi connectivity index (χ3n) is 2.58. The van der Waals surface area contributed by atoms with Crippen molar-refractivity contribution in [2.45, 2.75) is 13.2 Å². The first-order valence-corrected chi connectivity index (χ1v) is 6.38. The van der Waals surface area contributed by atoms with E-state index in [1.165, 1.54) is 0 Å². The van der Waals surface area contributed by atoms with E-state index in [1.54, 1.807) is 6.07 Å². The lowest BCUT2D eigenvalue weighted by Crippen LogP contribution is -1.95. The Morgan fingerprint density at radius 2 is 1.72 bits per heavy atom. The second-order valence-electron chi connectivity index (χ2n) is 3.86. The van der Waals surface area contributed by atoms with Gasteiger partial charge in [0.2, 0.25) is 0 Å². The van der Waals surface area contributed by atoms with Crippen molar-refractivity contribution in [3.05, 3.63) is 58.1 Å². The maximum Gasteiger partial charge on any atom is 0.127 e. The van der Waals surface area contributed by atoms with Gasteiger partial charge in [-0.05, 0) is 41.5 Å². The lowest BCUT2D eigenvalue weighted by molar-refractivity contribution is 0.280. The van der Waals surface area contributed by atoms with Gasteiger partial charge in [-0.2, -0.15) is 0 Å². The van der Waals surface area contributed by atoms with Crippen molar-refractivity contribution in [3.8, 4) is 11.5 Å². The predicted molar refractivity (Wildman–Crippen MR) is 74.5 cm³/mol. The minimum absolute atomic E-state index is 0.0239. The highest BCUT2D eigenvalue weighted by Gasteiger charge is 2.02. The standard InChI is InChI=1S/C14H14BrNO2/c15-14-6-5-13(7-11(14)9-17)18-12-3-1-10(8-16)2-4-12/h1-7,17H,8-9,16H2. The van der Waals surface area contributed by atoms with Crippen LogP contribution in [0.2, 0.25) is 0 Å². The molecule has 0 amide bonds. The smallest absolute Gasteiger partial charge is 0.127 e. The zero-order valence-corrected chi connectivity index (χ0v) is 11.4. The van der Waals surface area contributed by atoms with Crippen molar-refractivity contribution in [2.75, 3.05) is 0 Å². The normalized spacial score (nSPS) is 10.4. The number of hydrogen-bond donors (Lipinski definition) is 2. The molecule has 0 spiro atoms. The average molecular weight is 308 g/mol. The van der Waals surface area contributed by atoms with E-state index in [4.69, 9.17) is 10.5 Å². The van der Waals surface area contributed by atoms with Crippen LogP contribution in [0.3, 0.4) is 0 Å². The third kappa shape index (κ3) is 3.10. The molecule has 0 aliphatic heterocycles. The molecule has 4 heteroatoms. The van der Waals surface area contributed by atoms with Gasteiger partial charge < -0.3 is 15.6 Å². The van der Waals surface area contributed by atoms with Crippen LogP contribution < -0.4 is 10.5 Å². The Labute approximate surface area is 114 Å². The van der Waals surface area contributed by atoms with E-state index in [2.05, 4.69) is 15.9 Å². The lowest BCUT2D eigenvalue weighted by atomic mass is 10.2. The molecule has 2 aromatic carbocycles. The van der Waals surface area contributed by atoms with Crippen LogP contribution >= 0.6 is 15.9 Å². The summed E-state index contributed by atoms with van der Waals surface area (Å²) in [4.78, 5) is 0. The van der Waals surface area contributed by atoms with Gasteiger partial charge in [0.1, 0.15) is 11.5 Å². The Bertz CT molecular complexity index is 526. The first kappa shape index (κ1) is 13.1. The molecule has 0 heterocycles. The highest BCUT2D eigenvalue weighted by molar-refractivity contribution is 9.10. The van der Waals surface area contributed by atoms with Crippen LogP contribution in [0.25, 0.3) is 0 Å². The van der Waals surface area contributed by atoms with Gasteiger partial charge in [-0.1, -0.05) is 28.1 Å². The van der Waals surface area contributed by atoms with E-state index in [1.807, 2.05) is 36.4 Å². The number of aliphatic hydroxyl groups is 1. The number of benzene rings is 2. The molecule has 3 nitrogen and oxygen atoms in total. The van der Waals surface area contributed by atoms with Gasteiger partial charge in [0.25, 0.3) is 0 Å². The maximum atomic E-state index is 9.18. The molecule has 0 aromatic heterocycles. The van der Waals surface area contributed by atoms with E-state index in [0.29, 0.717) is 12.3 Å². The summed E-state index contributed by atoms with van der Waals surface area (Å²) < 4.78 is 6.57. The van der Waals surface area contributed by atoms with Crippen LogP contribution in [0.5, 0.6) is 11.5 Å². The number of nitrogens with two attached hydrogens (primary N) is 1. The van der Waals surface area contributed by atoms with Crippen LogP contribution in [0, 0.1) is 0 Å². The molecular weight excluding hydrogens is 294 g/mol. The minimum Gasteiger partial charge on any atom is -0.457 e. The van der Waals surface area contributed by atoms with Crippen LogP contribution in [-0.4, -0.2) is 5.11 Å².